The molecule has 3 aliphatic rings. The van der Waals surface area contributed by atoms with Crippen molar-refractivity contribution in [2.75, 3.05) is 0 Å². The van der Waals surface area contributed by atoms with E-state index in [-0.39, 0.29) is 17.3 Å². The number of benzene rings is 2. The molecule has 0 bridgehead atoms. The second-order valence-corrected chi connectivity index (χ2v) is 10.2. The summed E-state index contributed by atoms with van der Waals surface area (Å²) >= 11 is 0. The standard InChI is InChI=1S/C22H20N2O3S/c23-13-14-9-22(10-14)11-15(12-22)21(25)24-28(26,27)20-18-7-3-1-5-16(18)17-6-2-4-8-19(17)20/h1-8,14-15,20H,9-12H2,(H,24,25). The molecule has 2 aromatic rings. The molecular weight excluding hydrogens is 372 g/mol. The molecule has 5 nitrogen and oxygen atoms in total. The number of carbonyl (C=O) groups is 1. The molecule has 6 heteroatoms. The molecule has 2 saturated carbocycles. The first-order valence-corrected chi connectivity index (χ1v) is 11.1. The van der Waals surface area contributed by atoms with Crippen LogP contribution in [0.25, 0.3) is 11.1 Å². The van der Waals surface area contributed by atoms with Crippen LogP contribution in [0.1, 0.15) is 42.1 Å². The van der Waals surface area contributed by atoms with Crippen molar-refractivity contribution in [3.63, 3.8) is 0 Å². The lowest BCUT2D eigenvalue weighted by Gasteiger charge is -2.55. The molecule has 0 heterocycles. The molecule has 1 spiro atoms. The second kappa shape index (κ2) is 5.92. The van der Waals surface area contributed by atoms with Crippen molar-refractivity contribution in [3.05, 3.63) is 59.7 Å². The van der Waals surface area contributed by atoms with Crippen LogP contribution in [-0.2, 0) is 14.8 Å². The molecule has 0 aromatic heterocycles. The maximum Gasteiger partial charge on any atom is 0.246 e. The van der Waals surface area contributed by atoms with Crippen molar-refractivity contribution < 1.29 is 13.2 Å². The van der Waals surface area contributed by atoms with E-state index in [1.807, 2.05) is 48.5 Å². The van der Waals surface area contributed by atoms with Crippen LogP contribution in [0.15, 0.2) is 48.5 Å². The molecule has 1 amide bonds. The molecule has 2 aromatic carbocycles. The van der Waals surface area contributed by atoms with E-state index in [0.29, 0.717) is 24.0 Å². The zero-order valence-corrected chi connectivity index (χ0v) is 16.1. The van der Waals surface area contributed by atoms with Gasteiger partial charge in [-0.3, -0.25) is 9.52 Å². The van der Waals surface area contributed by atoms with Gasteiger partial charge >= 0.3 is 0 Å². The number of carbonyl (C=O) groups excluding carboxylic acids is 1. The fourth-order valence-electron chi connectivity index (χ4n) is 5.31. The van der Waals surface area contributed by atoms with Crippen LogP contribution in [0.4, 0.5) is 0 Å². The first kappa shape index (κ1) is 17.4. The molecule has 28 heavy (non-hydrogen) atoms. The maximum atomic E-state index is 13.2. The maximum absolute atomic E-state index is 13.2. The summed E-state index contributed by atoms with van der Waals surface area (Å²) < 4.78 is 28.7. The Bertz CT molecular complexity index is 1070. The first-order valence-electron chi connectivity index (χ1n) is 9.56. The van der Waals surface area contributed by atoms with E-state index in [0.717, 1.165) is 24.0 Å². The van der Waals surface area contributed by atoms with E-state index in [4.69, 9.17) is 5.26 Å². The molecule has 5 rings (SSSR count). The average Bonchev–Trinajstić information content (AvgIpc) is 2.94. The largest absolute Gasteiger partial charge is 0.274 e. The number of hydrogen-bond acceptors (Lipinski definition) is 4. The minimum Gasteiger partial charge on any atom is -0.274 e. The van der Waals surface area contributed by atoms with Gasteiger partial charge in [0.15, 0.2) is 0 Å². The van der Waals surface area contributed by atoms with Crippen LogP contribution in [-0.4, -0.2) is 14.3 Å². The highest BCUT2D eigenvalue weighted by atomic mass is 32.2. The van der Waals surface area contributed by atoms with E-state index in [1.54, 1.807) is 0 Å². The third-order valence-corrected chi connectivity index (χ3v) is 8.22. The Balaban J connectivity index is 1.37. The highest BCUT2D eigenvalue weighted by Gasteiger charge is 2.55. The summed E-state index contributed by atoms with van der Waals surface area (Å²) in [5.41, 5.74) is 3.33. The predicted molar refractivity (Wildman–Crippen MR) is 104 cm³/mol. The highest BCUT2D eigenvalue weighted by molar-refractivity contribution is 7.90. The quantitative estimate of drug-likeness (QED) is 0.866. The van der Waals surface area contributed by atoms with Gasteiger partial charge in [0, 0.05) is 11.8 Å². The number of nitriles is 1. The summed E-state index contributed by atoms with van der Waals surface area (Å²) in [6.07, 6.45) is 3.04. The van der Waals surface area contributed by atoms with Crippen molar-refractivity contribution in [2.45, 2.75) is 30.9 Å². The van der Waals surface area contributed by atoms with Crippen molar-refractivity contribution >= 4 is 15.9 Å². The Hall–Kier alpha value is -2.65. The molecule has 2 fully saturated rings. The fraction of sp³-hybridized carbons (Fsp3) is 0.364. The molecular formula is C22H20N2O3S. The topological polar surface area (TPSA) is 87.0 Å². The third kappa shape index (κ3) is 2.50. The van der Waals surface area contributed by atoms with Gasteiger partial charge in [0.1, 0.15) is 5.25 Å². The zero-order valence-electron chi connectivity index (χ0n) is 15.3. The number of rotatable bonds is 3. The number of nitrogens with zero attached hydrogens (tertiary/aromatic N) is 1. The van der Waals surface area contributed by atoms with Crippen LogP contribution in [0, 0.1) is 28.6 Å². The van der Waals surface area contributed by atoms with Gasteiger partial charge in [-0.2, -0.15) is 5.26 Å². The van der Waals surface area contributed by atoms with Gasteiger partial charge in [0.2, 0.25) is 15.9 Å². The monoisotopic (exact) mass is 392 g/mol. The van der Waals surface area contributed by atoms with Gasteiger partial charge in [-0.1, -0.05) is 48.5 Å². The molecule has 142 valence electrons. The molecule has 0 radical (unpaired) electrons. The lowest BCUT2D eigenvalue weighted by Crippen LogP contribution is -2.52. The van der Waals surface area contributed by atoms with Gasteiger partial charge in [0.25, 0.3) is 0 Å². The molecule has 1 N–H and O–H groups in total. The van der Waals surface area contributed by atoms with Gasteiger partial charge in [-0.05, 0) is 53.4 Å². The van der Waals surface area contributed by atoms with E-state index < -0.39 is 21.2 Å². The van der Waals surface area contributed by atoms with Crippen molar-refractivity contribution in [2.24, 2.45) is 17.3 Å². The van der Waals surface area contributed by atoms with Crippen LogP contribution in [0.3, 0.4) is 0 Å². The van der Waals surface area contributed by atoms with E-state index >= 15 is 0 Å². The zero-order chi connectivity index (χ0) is 19.5. The van der Waals surface area contributed by atoms with Crippen molar-refractivity contribution in [1.82, 2.24) is 4.72 Å². The Morgan fingerprint density at radius 3 is 2.04 bits per heavy atom. The predicted octanol–water partition coefficient (Wildman–Crippen LogP) is 3.53. The lowest BCUT2D eigenvalue weighted by atomic mass is 9.48. The SMILES string of the molecule is N#CC1CC2(C1)CC(C(=O)NS(=O)(=O)C1c3ccccc3-c3ccccc31)C2. The van der Waals surface area contributed by atoms with Gasteiger partial charge in [-0.15, -0.1) is 0 Å². The molecule has 0 unspecified atom stereocenters. The summed E-state index contributed by atoms with van der Waals surface area (Å²) in [5, 5.41) is 8.07. The van der Waals surface area contributed by atoms with Crippen LogP contribution in [0.2, 0.25) is 0 Å². The highest BCUT2D eigenvalue weighted by Crippen LogP contribution is 2.61. The van der Waals surface area contributed by atoms with E-state index in [9.17, 15) is 13.2 Å². The number of hydrogen-bond donors (Lipinski definition) is 1. The van der Waals surface area contributed by atoms with Crippen LogP contribution in [0.5, 0.6) is 0 Å². The summed E-state index contributed by atoms with van der Waals surface area (Å²) in [6.45, 7) is 0. The number of fused-ring (bicyclic) bond motifs is 3. The van der Waals surface area contributed by atoms with Gasteiger partial charge < -0.3 is 0 Å². The Morgan fingerprint density at radius 1 is 0.964 bits per heavy atom. The minimum atomic E-state index is -3.90. The van der Waals surface area contributed by atoms with Crippen LogP contribution >= 0.6 is 0 Å². The van der Waals surface area contributed by atoms with Crippen LogP contribution < -0.4 is 4.72 Å². The van der Waals surface area contributed by atoms with Crippen molar-refractivity contribution in [1.29, 1.82) is 5.26 Å². The average molecular weight is 392 g/mol. The second-order valence-electron chi connectivity index (χ2n) is 8.41. The molecule has 0 saturated heterocycles. The molecule has 0 aliphatic heterocycles. The van der Waals surface area contributed by atoms with Crippen molar-refractivity contribution in [3.8, 4) is 17.2 Å². The van der Waals surface area contributed by atoms with E-state index in [2.05, 4.69) is 10.8 Å². The summed E-state index contributed by atoms with van der Waals surface area (Å²) in [5.74, 6) is -0.589. The number of nitrogens with one attached hydrogen (secondary N) is 1. The molecule has 3 aliphatic carbocycles. The third-order valence-electron chi connectivity index (χ3n) is 6.60. The van der Waals surface area contributed by atoms with E-state index in [1.165, 1.54) is 0 Å². The fourth-order valence-corrected chi connectivity index (χ4v) is 6.95. The summed E-state index contributed by atoms with van der Waals surface area (Å²) in [7, 11) is -3.90. The first-order chi connectivity index (χ1) is 13.4. The Labute approximate surface area is 164 Å². The molecule has 0 atom stereocenters. The van der Waals surface area contributed by atoms with Gasteiger partial charge in [0.05, 0.1) is 6.07 Å². The summed E-state index contributed by atoms with van der Waals surface area (Å²) in [6, 6.07) is 17.2. The lowest BCUT2D eigenvalue weighted by molar-refractivity contribution is -0.137. The normalized spacial score (nSPS) is 27.8. The minimum absolute atomic E-state index is 0.0960. The summed E-state index contributed by atoms with van der Waals surface area (Å²) in [4.78, 5) is 12.6. The van der Waals surface area contributed by atoms with Gasteiger partial charge in [-0.25, -0.2) is 8.42 Å². The Morgan fingerprint density at radius 2 is 1.50 bits per heavy atom. The number of amides is 1. The smallest absolute Gasteiger partial charge is 0.246 e. The Kier molecular flexibility index (Phi) is 3.69. The number of sulfonamides is 1.